The highest BCUT2D eigenvalue weighted by atomic mass is 32.2. The Morgan fingerprint density at radius 2 is 1.95 bits per heavy atom. The summed E-state index contributed by atoms with van der Waals surface area (Å²) in [5.74, 6) is -1.04. The molecule has 1 unspecified atom stereocenters. The van der Waals surface area contributed by atoms with E-state index in [-0.39, 0.29) is 17.1 Å². The number of ether oxygens (including phenoxy) is 3. The molecule has 1 aliphatic rings. The lowest BCUT2D eigenvalue weighted by molar-refractivity contribution is -0.705. The molecule has 0 saturated heterocycles. The summed E-state index contributed by atoms with van der Waals surface area (Å²) in [6, 6.07) is 6.87. The smallest absolute Gasteiger partial charge is 0.410 e. The van der Waals surface area contributed by atoms with Gasteiger partial charge in [0.25, 0.3) is 5.03 Å². The molecule has 1 aliphatic heterocycles. The van der Waals surface area contributed by atoms with Gasteiger partial charge in [0.15, 0.2) is 5.95 Å². The fourth-order valence-corrected chi connectivity index (χ4v) is 6.40. The lowest BCUT2D eigenvalue weighted by Crippen LogP contribution is -2.39. The summed E-state index contributed by atoms with van der Waals surface area (Å²) < 4.78 is 21.9. The normalized spacial score (nSPS) is 13.8. The SMILES string of the molecule is CCC(Sc1c([O-])on[n+]1-c1ccc(OC)cc1)C(=O)Nc1sc2c(c1C(=O)OC)CCN(C(=O)OC(C)(C)C)C2. The minimum absolute atomic E-state index is 0.129. The number of amides is 2. The van der Waals surface area contributed by atoms with Gasteiger partial charge in [-0.05, 0) is 67.8 Å². The maximum absolute atomic E-state index is 13.5. The fraction of sp³-hybridized carbons (Fsp3) is 0.444. The number of benzene rings is 1. The molecule has 0 spiro atoms. The molecule has 0 fully saturated rings. The average molecular weight is 605 g/mol. The molecule has 0 aliphatic carbocycles. The lowest BCUT2D eigenvalue weighted by Gasteiger charge is -2.30. The summed E-state index contributed by atoms with van der Waals surface area (Å²) in [6.07, 6.45) is 0.324. The predicted molar refractivity (Wildman–Crippen MR) is 149 cm³/mol. The first kappa shape index (κ1) is 30.2. The molecule has 0 bridgehead atoms. The molecule has 12 nitrogen and oxygen atoms in total. The molecule has 1 aromatic carbocycles. The van der Waals surface area contributed by atoms with Crippen LogP contribution in [0, 0.1) is 0 Å². The van der Waals surface area contributed by atoms with Crippen LogP contribution in [0.2, 0.25) is 0 Å². The van der Waals surface area contributed by atoms with E-state index in [9.17, 15) is 19.5 Å². The Labute approximate surface area is 245 Å². The number of carbonyl (C=O) groups excluding carboxylic acids is 3. The molecular formula is C27H32N4O8S2. The van der Waals surface area contributed by atoms with E-state index < -0.39 is 34.8 Å². The first-order chi connectivity index (χ1) is 19.4. The summed E-state index contributed by atoms with van der Waals surface area (Å²) in [7, 11) is 2.82. The van der Waals surface area contributed by atoms with E-state index in [1.54, 1.807) is 57.0 Å². The zero-order chi connectivity index (χ0) is 29.9. The highest BCUT2D eigenvalue weighted by Gasteiger charge is 2.34. The summed E-state index contributed by atoms with van der Waals surface area (Å²) in [5.41, 5.74) is 0.918. The van der Waals surface area contributed by atoms with Gasteiger partial charge < -0.3 is 34.1 Å². The van der Waals surface area contributed by atoms with E-state index in [4.69, 9.17) is 18.7 Å². The first-order valence-corrected chi connectivity index (χ1v) is 14.6. The van der Waals surface area contributed by atoms with Gasteiger partial charge in [0.2, 0.25) is 11.6 Å². The number of hydrogen-bond acceptors (Lipinski definition) is 11. The Hall–Kier alpha value is -3.78. The molecule has 3 heterocycles. The van der Waals surface area contributed by atoms with Crippen molar-refractivity contribution in [2.24, 2.45) is 0 Å². The minimum atomic E-state index is -0.713. The van der Waals surface area contributed by atoms with Crippen molar-refractivity contribution in [3.05, 3.63) is 40.3 Å². The number of anilines is 1. The number of rotatable bonds is 8. The third kappa shape index (κ3) is 6.76. The highest BCUT2D eigenvalue weighted by Crippen LogP contribution is 2.39. The van der Waals surface area contributed by atoms with Crippen LogP contribution >= 0.6 is 23.1 Å². The highest BCUT2D eigenvalue weighted by molar-refractivity contribution is 8.00. The van der Waals surface area contributed by atoms with E-state index in [0.29, 0.717) is 35.8 Å². The minimum Gasteiger partial charge on any atom is -0.538 e. The van der Waals surface area contributed by atoms with Crippen molar-refractivity contribution in [3.8, 4) is 17.4 Å². The van der Waals surface area contributed by atoms with Gasteiger partial charge in [-0.3, -0.25) is 4.79 Å². The molecular weight excluding hydrogens is 572 g/mol. The van der Waals surface area contributed by atoms with E-state index in [1.165, 1.54) is 23.1 Å². The maximum Gasteiger partial charge on any atom is 0.410 e. The zero-order valence-electron chi connectivity index (χ0n) is 23.6. The Balaban J connectivity index is 1.56. The zero-order valence-corrected chi connectivity index (χ0v) is 25.3. The molecule has 41 heavy (non-hydrogen) atoms. The van der Waals surface area contributed by atoms with Crippen LogP contribution < -0.4 is 19.8 Å². The van der Waals surface area contributed by atoms with Gasteiger partial charge in [0.05, 0.1) is 36.8 Å². The molecule has 0 radical (unpaired) electrons. The van der Waals surface area contributed by atoms with Gasteiger partial charge in [0.1, 0.15) is 16.4 Å². The number of nitrogens with one attached hydrogen (secondary N) is 1. The monoisotopic (exact) mass is 604 g/mol. The van der Waals surface area contributed by atoms with Gasteiger partial charge in [-0.15, -0.1) is 11.3 Å². The number of hydrogen-bond donors (Lipinski definition) is 1. The fourth-order valence-electron chi connectivity index (χ4n) is 4.17. The third-order valence-corrected chi connectivity index (χ3v) is 8.67. The molecule has 2 amide bonds. The van der Waals surface area contributed by atoms with Crippen LogP contribution in [0.4, 0.5) is 9.80 Å². The van der Waals surface area contributed by atoms with E-state index in [1.807, 2.05) is 6.92 Å². The number of thioether (sulfide) groups is 1. The second kappa shape index (κ2) is 12.4. The molecule has 4 rings (SSSR count). The second-order valence-electron chi connectivity index (χ2n) is 10.1. The van der Waals surface area contributed by atoms with Crippen molar-refractivity contribution in [1.82, 2.24) is 10.2 Å². The van der Waals surface area contributed by atoms with Crippen molar-refractivity contribution >= 4 is 46.1 Å². The van der Waals surface area contributed by atoms with Gasteiger partial charge in [-0.25, -0.2) is 9.59 Å². The van der Waals surface area contributed by atoms with Crippen LogP contribution in [0.3, 0.4) is 0 Å². The summed E-state index contributed by atoms with van der Waals surface area (Å²) in [4.78, 5) is 41.2. The van der Waals surface area contributed by atoms with Crippen molar-refractivity contribution in [3.63, 3.8) is 0 Å². The van der Waals surface area contributed by atoms with Gasteiger partial charge in [-0.2, -0.15) is 0 Å². The molecule has 1 atom stereocenters. The topological polar surface area (TPSA) is 147 Å². The van der Waals surface area contributed by atoms with Crippen LogP contribution in [0.15, 0.2) is 33.8 Å². The number of aromatic nitrogens is 2. The molecule has 2 aromatic heterocycles. The standard InChI is InChI=1S/C27H32N4O8S2/c1-7-18(41-23-25(34)39-29-31(23)15-8-10-16(36-5)11-9-15)21(32)28-22-20(24(33)37-6)17-12-13-30(14-19(17)40-22)26(35)38-27(2,3)4/h8-11,18H,7,12-14H2,1-6H3,(H-,28,29,32,33,34). The molecule has 220 valence electrons. The van der Waals surface area contributed by atoms with Gasteiger partial charge in [0, 0.05) is 23.6 Å². The lowest BCUT2D eigenvalue weighted by atomic mass is 10.0. The number of esters is 1. The van der Waals surface area contributed by atoms with Crippen LogP contribution in [-0.4, -0.2) is 59.8 Å². The quantitative estimate of drug-likeness (QED) is 0.229. The number of fused-ring (bicyclic) bond motifs is 1. The molecule has 0 saturated carbocycles. The van der Waals surface area contributed by atoms with Crippen molar-refractivity contribution < 1.29 is 42.9 Å². The Morgan fingerprint density at radius 3 is 2.56 bits per heavy atom. The van der Waals surface area contributed by atoms with E-state index in [0.717, 1.165) is 22.2 Å². The number of methoxy groups -OCH3 is 2. The summed E-state index contributed by atoms with van der Waals surface area (Å²) in [6.45, 7) is 7.79. The molecule has 3 aromatic rings. The Morgan fingerprint density at radius 1 is 1.24 bits per heavy atom. The Kier molecular flexibility index (Phi) is 9.12. The molecule has 14 heteroatoms. The molecule has 1 N–H and O–H groups in total. The Bertz CT molecular complexity index is 1430. The predicted octanol–water partition coefficient (Wildman–Crippen LogP) is 3.68. The van der Waals surface area contributed by atoms with Crippen LogP contribution in [0.5, 0.6) is 11.7 Å². The van der Waals surface area contributed by atoms with Crippen LogP contribution in [0.25, 0.3) is 5.69 Å². The van der Waals surface area contributed by atoms with Crippen molar-refractivity contribution in [2.45, 2.75) is 63.0 Å². The first-order valence-electron chi connectivity index (χ1n) is 12.9. The van der Waals surface area contributed by atoms with Crippen LogP contribution in [0.1, 0.15) is 54.9 Å². The number of thiophene rings is 1. The van der Waals surface area contributed by atoms with E-state index >= 15 is 0 Å². The van der Waals surface area contributed by atoms with Crippen molar-refractivity contribution in [1.29, 1.82) is 0 Å². The average Bonchev–Trinajstić information content (AvgIpc) is 3.48. The van der Waals surface area contributed by atoms with E-state index in [2.05, 4.69) is 10.6 Å². The number of nitrogens with zero attached hydrogens (tertiary/aromatic N) is 3. The summed E-state index contributed by atoms with van der Waals surface area (Å²) >= 11 is 2.23. The number of carbonyl (C=O) groups is 3. The maximum atomic E-state index is 13.5. The van der Waals surface area contributed by atoms with Crippen molar-refractivity contribution in [2.75, 3.05) is 26.1 Å². The van der Waals surface area contributed by atoms with Crippen LogP contribution in [-0.2, 0) is 27.2 Å². The third-order valence-electron chi connectivity index (χ3n) is 6.14. The second-order valence-corrected chi connectivity index (χ2v) is 12.4. The van der Waals surface area contributed by atoms with Gasteiger partial charge in [-0.1, -0.05) is 6.92 Å². The van der Waals surface area contributed by atoms with Gasteiger partial charge >= 0.3 is 12.1 Å². The summed E-state index contributed by atoms with van der Waals surface area (Å²) in [5, 5.41) is 19.0. The largest absolute Gasteiger partial charge is 0.538 e.